The Balaban J connectivity index is 3.12. The van der Waals surface area contributed by atoms with Crippen molar-refractivity contribution in [3.8, 4) is 0 Å². The van der Waals surface area contributed by atoms with Crippen molar-refractivity contribution in [3.63, 3.8) is 0 Å². The van der Waals surface area contributed by atoms with Gasteiger partial charge in [0, 0.05) is 5.41 Å². The molecule has 0 aliphatic rings. The van der Waals surface area contributed by atoms with E-state index >= 15 is 0 Å². The summed E-state index contributed by atoms with van der Waals surface area (Å²) in [5, 5.41) is 11.8. The van der Waals surface area contributed by atoms with Gasteiger partial charge in [-0.2, -0.15) is 0 Å². The number of aromatic carboxylic acids is 1. The number of carboxylic acid groups (broad SMARTS) is 1. The Kier molecular flexibility index (Phi) is 3.56. The van der Waals surface area contributed by atoms with Gasteiger partial charge in [0.05, 0.1) is 11.3 Å². The summed E-state index contributed by atoms with van der Waals surface area (Å²) in [7, 11) is 0. The number of hydrogen-bond donors (Lipinski definition) is 2. The van der Waals surface area contributed by atoms with Crippen LogP contribution in [0.1, 0.15) is 36.7 Å². The number of hydrogen-bond acceptors (Lipinski definition) is 2. The zero-order valence-electron chi connectivity index (χ0n) is 10.5. The lowest BCUT2D eigenvalue weighted by molar-refractivity contribution is -0.123. The fourth-order valence-corrected chi connectivity index (χ4v) is 1.37. The van der Waals surface area contributed by atoms with Crippen molar-refractivity contribution in [2.24, 2.45) is 5.41 Å². The van der Waals surface area contributed by atoms with E-state index in [1.54, 1.807) is 45.9 Å². The van der Waals surface area contributed by atoms with Crippen molar-refractivity contribution in [2.45, 2.75) is 27.7 Å². The number of carboxylic acids is 1. The molecule has 0 unspecified atom stereocenters. The van der Waals surface area contributed by atoms with Crippen molar-refractivity contribution < 1.29 is 14.7 Å². The predicted octanol–water partition coefficient (Wildman–Crippen LogP) is 2.68. The molecule has 0 aromatic heterocycles. The number of amides is 1. The summed E-state index contributed by atoms with van der Waals surface area (Å²) in [6.45, 7) is 7.03. The zero-order valence-corrected chi connectivity index (χ0v) is 10.5. The number of aryl methyl sites for hydroxylation is 1. The summed E-state index contributed by atoms with van der Waals surface area (Å²) in [5.74, 6) is -1.24. The highest BCUT2D eigenvalue weighted by molar-refractivity contribution is 6.02. The summed E-state index contributed by atoms with van der Waals surface area (Å²) in [4.78, 5) is 22.9. The number of carbonyl (C=O) groups is 2. The van der Waals surface area contributed by atoms with E-state index in [2.05, 4.69) is 5.32 Å². The first-order chi connectivity index (χ1) is 7.73. The number of benzene rings is 1. The second kappa shape index (κ2) is 4.57. The van der Waals surface area contributed by atoms with Gasteiger partial charge >= 0.3 is 5.97 Å². The van der Waals surface area contributed by atoms with Gasteiger partial charge in [-0.25, -0.2) is 4.79 Å². The number of carbonyl (C=O) groups excluding carboxylic acids is 1. The van der Waals surface area contributed by atoms with Crippen LogP contribution in [-0.2, 0) is 4.79 Å². The third-order valence-electron chi connectivity index (χ3n) is 2.42. The third kappa shape index (κ3) is 3.06. The molecule has 0 saturated carbocycles. The van der Waals surface area contributed by atoms with Crippen LogP contribution in [0.5, 0.6) is 0 Å². The van der Waals surface area contributed by atoms with Gasteiger partial charge in [0.15, 0.2) is 0 Å². The fourth-order valence-electron chi connectivity index (χ4n) is 1.37. The first kappa shape index (κ1) is 13.2. The van der Waals surface area contributed by atoms with Crippen LogP contribution < -0.4 is 5.32 Å². The standard InChI is InChI=1S/C13H17NO3/c1-8-6-5-7-9(10(8)11(15)16)14-12(17)13(2,3)4/h5-7H,1-4H3,(H,14,17)(H,15,16). The van der Waals surface area contributed by atoms with Crippen molar-refractivity contribution >= 4 is 17.6 Å². The predicted molar refractivity (Wildman–Crippen MR) is 66.2 cm³/mol. The smallest absolute Gasteiger partial charge is 0.338 e. The lowest BCUT2D eigenvalue weighted by Gasteiger charge is -2.19. The van der Waals surface area contributed by atoms with Crippen molar-refractivity contribution in [1.29, 1.82) is 0 Å². The molecule has 0 heterocycles. The van der Waals surface area contributed by atoms with Gasteiger partial charge in [-0.1, -0.05) is 32.9 Å². The van der Waals surface area contributed by atoms with Crippen LogP contribution in [0.4, 0.5) is 5.69 Å². The van der Waals surface area contributed by atoms with Gasteiger partial charge in [0.2, 0.25) is 5.91 Å². The molecule has 4 nitrogen and oxygen atoms in total. The molecule has 1 aromatic carbocycles. The Morgan fingerprint density at radius 1 is 1.24 bits per heavy atom. The van der Waals surface area contributed by atoms with Crippen LogP contribution in [0.25, 0.3) is 0 Å². The molecule has 0 spiro atoms. The van der Waals surface area contributed by atoms with E-state index in [1.807, 2.05) is 0 Å². The Hall–Kier alpha value is -1.84. The molecule has 0 radical (unpaired) electrons. The van der Waals surface area contributed by atoms with Gasteiger partial charge in [0.25, 0.3) is 0 Å². The van der Waals surface area contributed by atoms with Gasteiger partial charge in [-0.15, -0.1) is 0 Å². The monoisotopic (exact) mass is 235 g/mol. The van der Waals surface area contributed by atoms with E-state index in [0.29, 0.717) is 11.3 Å². The lowest BCUT2D eigenvalue weighted by atomic mass is 9.95. The van der Waals surface area contributed by atoms with Crippen molar-refractivity contribution in [2.75, 3.05) is 5.32 Å². The van der Waals surface area contributed by atoms with Crippen molar-refractivity contribution in [1.82, 2.24) is 0 Å². The summed E-state index contributed by atoms with van der Waals surface area (Å²) >= 11 is 0. The SMILES string of the molecule is Cc1cccc(NC(=O)C(C)(C)C)c1C(=O)O. The van der Waals surface area contributed by atoms with E-state index in [0.717, 1.165) is 0 Å². The molecule has 0 bridgehead atoms. The zero-order chi connectivity index (χ0) is 13.2. The van der Waals surface area contributed by atoms with Crippen LogP contribution in [-0.4, -0.2) is 17.0 Å². The maximum Gasteiger partial charge on any atom is 0.338 e. The van der Waals surface area contributed by atoms with E-state index in [9.17, 15) is 9.59 Å². The molecule has 1 amide bonds. The Bertz CT molecular complexity index is 458. The van der Waals surface area contributed by atoms with Crippen LogP contribution >= 0.6 is 0 Å². The maximum atomic E-state index is 11.8. The van der Waals surface area contributed by atoms with Crippen molar-refractivity contribution in [3.05, 3.63) is 29.3 Å². The second-order valence-corrected chi connectivity index (χ2v) is 5.01. The largest absolute Gasteiger partial charge is 0.478 e. The molecule has 1 rings (SSSR count). The molecule has 0 fully saturated rings. The van der Waals surface area contributed by atoms with Gasteiger partial charge in [-0.05, 0) is 18.6 Å². The maximum absolute atomic E-state index is 11.8. The van der Waals surface area contributed by atoms with Gasteiger partial charge < -0.3 is 10.4 Å². The fraction of sp³-hybridized carbons (Fsp3) is 0.385. The molecule has 0 aliphatic carbocycles. The molecular formula is C13H17NO3. The topological polar surface area (TPSA) is 66.4 Å². The number of rotatable bonds is 2. The van der Waals surface area contributed by atoms with E-state index in [-0.39, 0.29) is 11.5 Å². The Morgan fingerprint density at radius 2 is 1.82 bits per heavy atom. The molecule has 0 aliphatic heterocycles. The highest BCUT2D eigenvalue weighted by Gasteiger charge is 2.23. The molecule has 92 valence electrons. The molecule has 0 atom stereocenters. The normalized spacial score (nSPS) is 11.1. The van der Waals surface area contributed by atoms with Crippen LogP contribution in [0.15, 0.2) is 18.2 Å². The quantitative estimate of drug-likeness (QED) is 0.828. The minimum atomic E-state index is -1.03. The summed E-state index contributed by atoms with van der Waals surface area (Å²) in [5.41, 5.74) is 0.561. The van der Waals surface area contributed by atoms with E-state index in [1.165, 1.54) is 0 Å². The van der Waals surface area contributed by atoms with Gasteiger partial charge in [-0.3, -0.25) is 4.79 Å². The molecule has 4 heteroatoms. The average Bonchev–Trinajstić information content (AvgIpc) is 2.15. The lowest BCUT2D eigenvalue weighted by Crippen LogP contribution is -2.28. The van der Waals surface area contributed by atoms with E-state index < -0.39 is 11.4 Å². The summed E-state index contributed by atoms with van der Waals surface area (Å²) in [6, 6.07) is 5.02. The average molecular weight is 235 g/mol. The first-order valence-corrected chi connectivity index (χ1v) is 5.38. The Morgan fingerprint density at radius 3 is 2.29 bits per heavy atom. The molecule has 1 aromatic rings. The Labute approximate surface area is 101 Å². The number of nitrogens with one attached hydrogen (secondary N) is 1. The van der Waals surface area contributed by atoms with Crippen LogP contribution in [0, 0.1) is 12.3 Å². The number of anilines is 1. The third-order valence-corrected chi connectivity index (χ3v) is 2.42. The minimum absolute atomic E-state index is 0.144. The van der Waals surface area contributed by atoms with E-state index in [4.69, 9.17) is 5.11 Å². The summed E-state index contributed by atoms with van der Waals surface area (Å²) in [6.07, 6.45) is 0. The van der Waals surface area contributed by atoms with Crippen LogP contribution in [0.2, 0.25) is 0 Å². The second-order valence-electron chi connectivity index (χ2n) is 5.01. The molecule has 17 heavy (non-hydrogen) atoms. The highest BCUT2D eigenvalue weighted by atomic mass is 16.4. The molecule has 0 saturated heterocycles. The minimum Gasteiger partial charge on any atom is -0.478 e. The highest BCUT2D eigenvalue weighted by Crippen LogP contribution is 2.22. The van der Waals surface area contributed by atoms with Crippen LogP contribution in [0.3, 0.4) is 0 Å². The summed E-state index contributed by atoms with van der Waals surface area (Å²) < 4.78 is 0. The molecule has 2 N–H and O–H groups in total. The van der Waals surface area contributed by atoms with Gasteiger partial charge in [0.1, 0.15) is 0 Å². The molecular weight excluding hydrogens is 218 g/mol. The first-order valence-electron chi connectivity index (χ1n) is 5.38.